The van der Waals surface area contributed by atoms with Crippen molar-refractivity contribution in [2.24, 2.45) is 22.7 Å². The van der Waals surface area contributed by atoms with Crippen molar-refractivity contribution in [2.45, 2.75) is 81.1 Å². The lowest BCUT2D eigenvalue weighted by atomic mass is 9.84. The molecule has 0 amide bonds. The van der Waals surface area contributed by atoms with Crippen LogP contribution >= 0.6 is 0 Å². The van der Waals surface area contributed by atoms with E-state index < -0.39 is 0 Å². The van der Waals surface area contributed by atoms with E-state index in [1.807, 2.05) is 0 Å². The van der Waals surface area contributed by atoms with Gasteiger partial charge < -0.3 is 18.9 Å². The van der Waals surface area contributed by atoms with E-state index in [1.54, 1.807) is 0 Å². The van der Waals surface area contributed by atoms with Crippen LogP contribution in [0.4, 0.5) is 0 Å². The van der Waals surface area contributed by atoms with Gasteiger partial charge in [-0.15, -0.1) is 0 Å². The summed E-state index contributed by atoms with van der Waals surface area (Å²) in [5.74, 6) is 0.265. The maximum atomic E-state index is 11.8. The number of rotatable bonds is 15. The second-order valence-corrected chi connectivity index (χ2v) is 10.8. The lowest BCUT2D eigenvalue weighted by molar-refractivity contribution is -0.148. The van der Waals surface area contributed by atoms with Crippen LogP contribution in [0.5, 0.6) is 0 Å². The molecule has 0 rings (SSSR count). The third kappa shape index (κ3) is 20.1. The van der Waals surface area contributed by atoms with Crippen LogP contribution in [0.3, 0.4) is 0 Å². The normalized spacial score (nSPS) is 14.3. The van der Waals surface area contributed by atoms with E-state index in [0.29, 0.717) is 51.1 Å². The van der Waals surface area contributed by atoms with Gasteiger partial charge in [0.05, 0.1) is 26.4 Å². The first-order valence-electron chi connectivity index (χ1n) is 11.3. The Hall–Kier alpha value is -1.14. The van der Waals surface area contributed by atoms with Crippen LogP contribution in [0.2, 0.25) is 0 Å². The molecule has 0 spiro atoms. The van der Waals surface area contributed by atoms with Crippen LogP contribution in [-0.2, 0) is 28.5 Å². The summed E-state index contributed by atoms with van der Waals surface area (Å²) in [6, 6.07) is 0. The second kappa shape index (κ2) is 14.8. The van der Waals surface area contributed by atoms with Crippen molar-refractivity contribution in [2.75, 3.05) is 39.6 Å². The van der Waals surface area contributed by atoms with Crippen LogP contribution < -0.4 is 0 Å². The fourth-order valence-corrected chi connectivity index (χ4v) is 3.67. The van der Waals surface area contributed by atoms with Crippen LogP contribution in [-0.4, -0.2) is 51.6 Å². The van der Waals surface area contributed by atoms with Crippen molar-refractivity contribution >= 4 is 11.9 Å². The summed E-state index contributed by atoms with van der Waals surface area (Å²) in [5.41, 5.74) is 0.428. The van der Waals surface area contributed by atoms with Crippen molar-refractivity contribution < 1.29 is 28.5 Å². The molecular formula is C24H46O6. The van der Waals surface area contributed by atoms with Crippen LogP contribution in [0.1, 0.15) is 81.1 Å². The van der Waals surface area contributed by atoms with Gasteiger partial charge in [0.15, 0.2) is 0 Å². The standard InChI is InChI=1S/C24H46O6/c1-19(17-23(3,4)5)15-21(25)29-13-11-27-9-10-28-12-14-30-22(26)16-20(2)18-24(6,7)8/h19-20H,9-18H2,1-8H3. The minimum atomic E-state index is -0.176. The molecule has 0 N–H and O–H groups in total. The van der Waals surface area contributed by atoms with Crippen LogP contribution in [0.25, 0.3) is 0 Å². The number of hydrogen-bond acceptors (Lipinski definition) is 6. The quantitative estimate of drug-likeness (QED) is 0.268. The Morgan fingerprint density at radius 1 is 0.600 bits per heavy atom. The molecule has 0 aromatic carbocycles. The van der Waals surface area contributed by atoms with Crippen molar-refractivity contribution in [3.8, 4) is 0 Å². The Bertz CT molecular complexity index is 431. The number of carbonyl (C=O) groups excluding carboxylic acids is 2. The number of hydrogen-bond donors (Lipinski definition) is 0. The molecule has 0 radical (unpaired) electrons. The molecular weight excluding hydrogens is 384 g/mol. The van der Waals surface area contributed by atoms with Crippen molar-refractivity contribution in [1.82, 2.24) is 0 Å². The highest BCUT2D eigenvalue weighted by atomic mass is 16.6. The SMILES string of the molecule is CC(CC(=O)OCCOCCOCCOC(=O)CC(C)CC(C)(C)C)CC(C)(C)C. The molecule has 2 atom stereocenters. The van der Waals surface area contributed by atoms with Crippen molar-refractivity contribution in [3.63, 3.8) is 0 Å². The molecule has 0 aliphatic rings. The highest BCUT2D eigenvalue weighted by Gasteiger charge is 2.19. The van der Waals surface area contributed by atoms with Gasteiger partial charge in [-0.1, -0.05) is 55.4 Å². The van der Waals surface area contributed by atoms with Gasteiger partial charge in [0.25, 0.3) is 0 Å². The van der Waals surface area contributed by atoms with Crippen molar-refractivity contribution in [3.05, 3.63) is 0 Å². The molecule has 0 aromatic heterocycles. The van der Waals surface area contributed by atoms with Crippen LogP contribution in [0.15, 0.2) is 0 Å². The molecule has 0 bridgehead atoms. The minimum Gasteiger partial charge on any atom is -0.463 e. The first-order chi connectivity index (χ1) is 13.8. The Kier molecular flexibility index (Phi) is 14.2. The molecule has 6 heteroatoms. The Labute approximate surface area is 184 Å². The maximum absolute atomic E-state index is 11.8. The summed E-state index contributed by atoms with van der Waals surface area (Å²) in [6.07, 6.45) is 2.85. The fraction of sp³-hybridized carbons (Fsp3) is 0.917. The predicted molar refractivity (Wildman–Crippen MR) is 119 cm³/mol. The van der Waals surface area contributed by atoms with Gasteiger partial charge in [0.2, 0.25) is 0 Å². The first kappa shape index (κ1) is 28.9. The first-order valence-corrected chi connectivity index (χ1v) is 11.3. The van der Waals surface area contributed by atoms with Crippen LogP contribution in [0, 0.1) is 22.7 Å². The van der Waals surface area contributed by atoms with Gasteiger partial charge in [-0.05, 0) is 35.5 Å². The lowest BCUT2D eigenvalue weighted by Crippen LogP contribution is -2.18. The molecule has 0 fully saturated rings. The smallest absolute Gasteiger partial charge is 0.306 e. The molecule has 6 nitrogen and oxygen atoms in total. The van der Waals surface area contributed by atoms with Gasteiger partial charge >= 0.3 is 11.9 Å². The zero-order valence-corrected chi connectivity index (χ0v) is 20.7. The zero-order valence-electron chi connectivity index (χ0n) is 20.7. The van der Waals surface area contributed by atoms with Gasteiger partial charge in [-0.2, -0.15) is 0 Å². The summed E-state index contributed by atoms with van der Waals surface area (Å²) >= 11 is 0. The van der Waals surface area contributed by atoms with E-state index >= 15 is 0 Å². The fourth-order valence-electron chi connectivity index (χ4n) is 3.67. The van der Waals surface area contributed by atoms with E-state index in [4.69, 9.17) is 18.9 Å². The Morgan fingerprint density at radius 3 is 1.20 bits per heavy atom. The predicted octanol–water partition coefficient (Wildman–Crippen LogP) is 5.03. The molecule has 178 valence electrons. The summed E-state index contributed by atoms with van der Waals surface area (Å²) in [4.78, 5) is 23.6. The van der Waals surface area contributed by atoms with Gasteiger partial charge in [-0.25, -0.2) is 0 Å². The summed E-state index contributed by atoms with van der Waals surface area (Å²) in [6.45, 7) is 19.2. The average molecular weight is 431 g/mol. The monoisotopic (exact) mass is 430 g/mol. The van der Waals surface area contributed by atoms with E-state index in [9.17, 15) is 9.59 Å². The minimum absolute atomic E-state index is 0.176. The maximum Gasteiger partial charge on any atom is 0.306 e. The third-order valence-electron chi connectivity index (χ3n) is 4.31. The largest absolute Gasteiger partial charge is 0.463 e. The average Bonchev–Trinajstić information content (AvgIpc) is 2.52. The number of ether oxygens (including phenoxy) is 4. The molecule has 0 aromatic rings. The topological polar surface area (TPSA) is 71.1 Å². The Balaban J connectivity index is 3.54. The van der Waals surface area contributed by atoms with E-state index in [0.717, 1.165) is 12.8 Å². The van der Waals surface area contributed by atoms with Gasteiger partial charge in [-0.3, -0.25) is 9.59 Å². The molecule has 0 saturated heterocycles. The van der Waals surface area contributed by atoms with Gasteiger partial charge in [0, 0.05) is 12.8 Å². The summed E-state index contributed by atoms with van der Waals surface area (Å²) in [7, 11) is 0. The molecule has 2 unspecified atom stereocenters. The van der Waals surface area contributed by atoms with E-state index in [1.165, 1.54) is 0 Å². The summed E-state index contributed by atoms with van der Waals surface area (Å²) in [5, 5.41) is 0. The molecule has 0 aliphatic heterocycles. The number of esters is 2. The van der Waals surface area contributed by atoms with Gasteiger partial charge in [0.1, 0.15) is 13.2 Å². The van der Waals surface area contributed by atoms with E-state index in [2.05, 4.69) is 55.4 Å². The molecule has 0 heterocycles. The van der Waals surface area contributed by atoms with E-state index in [-0.39, 0.29) is 36.0 Å². The number of carbonyl (C=O) groups is 2. The molecule has 0 aliphatic carbocycles. The lowest BCUT2D eigenvalue weighted by Gasteiger charge is -2.22. The molecule has 30 heavy (non-hydrogen) atoms. The Morgan fingerprint density at radius 2 is 0.900 bits per heavy atom. The van der Waals surface area contributed by atoms with Crippen molar-refractivity contribution in [1.29, 1.82) is 0 Å². The molecule has 0 saturated carbocycles. The summed E-state index contributed by atoms with van der Waals surface area (Å²) < 4.78 is 21.2. The second-order valence-electron chi connectivity index (χ2n) is 10.8. The zero-order chi connectivity index (χ0) is 23.2. The highest BCUT2D eigenvalue weighted by molar-refractivity contribution is 5.69. The highest BCUT2D eigenvalue weighted by Crippen LogP contribution is 2.26. The third-order valence-corrected chi connectivity index (χ3v) is 4.31.